The molecule has 1 aliphatic rings. The summed E-state index contributed by atoms with van der Waals surface area (Å²) in [6.45, 7) is 5.86. The van der Waals surface area contributed by atoms with Crippen LogP contribution in [0, 0.1) is 0 Å². The van der Waals surface area contributed by atoms with Gasteiger partial charge in [-0.1, -0.05) is 23.8 Å². The molecule has 0 fully saturated rings. The number of pyridine rings is 1. The predicted octanol–water partition coefficient (Wildman–Crippen LogP) is 3.24. The number of nitrogens with zero attached hydrogens (tertiary/aromatic N) is 1. The fraction of sp³-hybridized carbons (Fsp3) is 0.462. The van der Waals surface area contributed by atoms with Crippen molar-refractivity contribution in [1.82, 2.24) is 9.71 Å². The average molecular weight is 285 g/mol. The molecule has 2 unspecified atom stereocenters. The first-order valence-corrected chi connectivity index (χ1v) is 7.41. The molecule has 1 N–H and O–H groups in total. The largest absolute Gasteiger partial charge is 0.598 e. The first kappa shape index (κ1) is 13.9. The topological polar surface area (TPSA) is 48.0 Å². The molecule has 0 aromatic carbocycles. The fourth-order valence-electron chi connectivity index (χ4n) is 1.77. The quantitative estimate of drug-likeness (QED) is 0.670. The highest BCUT2D eigenvalue weighted by Gasteiger charge is 2.30. The molecule has 1 aromatic rings. The summed E-state index contributed by atoms with van der Waals surface area (Å²) in [6, 6.07) is 1.88. The van der Waals surface area contributed by atoms with Crippen molar-refractivity contribution in [3.63, 3.8) is 0 Å². The van der Waals surface area contributed by atoms with Crippen LogP contribution in [0.3, 0.4) is 0 Å². The number of aromatic nitrogens is 1. The predicted molar refractivity (Wildman–Crippen MR) is 76.7 cm³/mol. The Kier molecular flexibility index (Phi) is 4.02. The number of rotatable bonds is 2. The Hall–Kier alpha value is -0.550. The third-order valence-corrected chi connectivity index (χ3v) is 4.60. The highest BCUT2D eigenvalue weighted by Crippen LogP contribution is 2.30. The third kappa shape index (κ3) is 3.06. The maximum absolute atomic E-state index is 12.2. The van der Waals surface area contributed by atoms with E-state index < -0.39 is 11.4 Å². The van der Waals surface area contributed by atoms with Gasteiger partial charge >= 0.3 is 0 Å². The van der Waals surface area contributed by atoms with Crippen LogP contribution in [-0.4, -0.2) is 14.3 Å². The van der Waals surface area contributed by atoms with Crippen molar-refractivity contribution in [3.05, 3.63) is 34.6 Å². The van der Waals surface area contributed by atoms with E-state index in [0.29, 0.717) is 5.15 Å². The molecule has 0 saturated heterocycles. The van der Waals surface area contributed by atoms with Gasteiger partial charge in [0.2, 0.25) is 0 Å². The summed E-state index contributed by atoms with van der Waals surface area (Å²) in [5.74, 6) is 0. The highest BCUT2D eigenvalue weighted by atomic mass is 35.5. The standard InChI is InChI=1S/C13H17ClN2OS/c1-13(2,3)18(17)16-11-6-4-5-9-8-15-12(14)7-10(9)11/h4-5,7-8,11,16H,6H2,1-3H3. The van der Waals surface area contributed by atoms with Gasteiger partial charge in [-0.3, -0.25) is 0 Å². The van der Waals surface area contributed by atoms with Gasteiger partial charge in [0.15, 0.2) is 0 Å². The number of hydrogen-bond donors (Lipinski definition) is 1. The van der Waals surface area contributed by atoms with Gasteiger partial charge in [0, 0.05) is 17.6 Å². The summed E-state index contributed by atoms with van der Waals surface area (Å²) in [5, 5.41) is 0.470. The molecule has 0 spiro atoms. The molecule has 0 bridgehead atoms. The summed E-state index contributed by atoms with van der Waals surface area (Å²) in [6.07, 6.45) is 6.66. The molecular formula is C13H17ClN2OS. The van der Waals surface area contributed by atoms with Crippen LogP contribution in [0.15, 0.2) is 18.3 Å². The third-order valence-electron chi connectivity index (χ3n) is 2.78. The molecule has 0 aliphatic heterocycles. The first-order valence-electron chi connectivity index (χ1n) is 5.88. The van der Waals surface area contributed by atoms with E-state index in [2.05, 4.69) is 15.8 Å². The van der Waals surface area contributed by atoms with Crippen LogP contribution in [0.1, 0.15) is 44.4 Å². The van der Waals surface area contributed by atoms with Gasteiger partial charge in [-0.05, 0) is 44.4 Å². The molecule has 3 nitrogen and oxygen atoms in total. The van der Waals surface area contributed by atoms with Crippen LogP contribution >= 0.6 is 11.6 Å². The van der Waals surface area contributed by atoms with Crippen molar-refractivity contribution in [2.75, 3.05) is 0 Å². The van der Waals surface area contributed by atoms with Crippen molar-refractivity contribution in [1.29, 1.82) is 0 Å². The maximum atomic E-state index is 12.2. The molecule has 98 valence electrons. The summed E-state index contributed by atoms with van der Waals surface area (Å²) >= 11 is 4.83. The zero-order chi connectivity index (χ0) is 13.3. The lowest BCUT2D eigenvalue weighted by Gasteiger charge is -2.29. The van der Waals surface area contributed by atoms with Crippen LogP contribution in [0.5, 0.6) is 0 Å². The second-order valence-corrected chi connectivity index (χ2v) is 7.71. The van der Waals surface area contributed by atoms with E-state index >= 15 is 0 Å². The van der Waals surface area contributed by atoms with E-state index in [-0.39, 0.29) is 10.8 Å². The van der Waals surface area contributed by atoms with E-state index in [1.807, 2.05) is 32.9 Å². The van der Waals surface area contributed by atoms with Crippen molar-refractivity contribution < 1.29 is 4.55 Å². The molecule has 1 aliphatic carbocycles. The van der Waals surface area contributed by atoms with E-state index in [4.69, 9.17) is 11.6 Å². The minimum atomic E-state index is -1.10. The molecule has 2 atom stereocenters. The molecule has 5 heteroatoms. The second-order valence-electron chi connectivity index (χ2n) is 5.33. The summed E-state index contributed by atoms with van der Waals surface area (Å²) in [7, 11) is 0. The van der Waals surface area contributed by atoms with Gasteiger partial charge in [-0.15, -0.1) is 4.72 Å². The first-order chi connectivity index (χ1) is 8.38. The fourth-order valence-corrected chi connectivity index (χ4v) is 2.77. The number of halogens is 1. The monoisotopic (exact) mass is 284 g/mol. The number of fused-ring (bicyclic) bond motifs is 1. The lowest BCUT2D eigenvalue weighted by molar-refractivity contribution is 0.523. The lowest BCUT2D eigenvalue weighted by Crippen LogP contribution is -2.41. The van der Waals surface area contributed by atoms with E-state index in [1.54, 1.807) is 6.20 Å². The summed E-state index contributed by atoms with van der Waals surface area (Å²) < 4.78 is 15.1. The van der Waals surface area contributed by atoms with Gasteiger partial charge in [0.05, 0.1) is 6.04 Å². The Morgan fingerprint density at radius 3 is 2.89 bits per heavy atom. The maximum Gasteiger partial charge on any atom is 0.136 e. The molecule has 2 rings (SSSR count). The molecule has 0 radical (unpaired) electrons. The average Bonchev–Trinajstić information content (AvgIpc) is 2.28. The highest BCUT2D eigenvalue weighted by molar-refractivity contribution is 7.90. The molecule has 0 saturated carbocycles. The van der Waals surface area contributed by atoms with Crippen LogP contribution in [0.2, 0.25) is 5.15 Å². The van der Waals surface area contributed by atoms with Crippen LogP contribution in [0.25, 0.3) is 6.08 Å². The molecule has 0 amide bonds. The normalized spacial score (nSPS) is 20.6. The lowest BCUT2D eigenvalue weighted by atomic mass is 9.95. The Labute approximate surface area is 116 Å². The van der Waals surface area contributed by atoms with Crippen molar-refractivity contribution in [2.45, 2.75) is 38.0 Å². The Balaban J connectivity index is 2.22. The van der Waals surface area contributed by atoms with Gasteiger partial charge < -0.3 is 4.55 Å². The van der Waals surface area contributed by atoms with Crippen molar-refractivity contribution in [3.8, 4) is 0 Å². The minimum absolute atomic E-state index is 0.0329. The number of hydrogen-bond acceptors (Lipinski definition) is 3. The van der Waals surface area contributed by atoms with Gasteiger partial charge in [-0.25, -0.2) is 4.98 Å². The van der Waals surface area contributed by atoms with Gasteiger partial charge in [-0.2, -0.15) is 0 Å². The zero-order valence-electron chi connectivity index (χ0n) is 10.7. The van der Waals surface area contributed by atoms with Crippen molar-refractivity contribution >= 4 is 29.0 Å². The molecular weight excluding hydrogens is 268 g/mol. The van der Waals surface area contributed by atoms with Crippen LogP contribution in [-0.2, 0) is 11.4 Å². The van der Waals surface area contributed by atoms with Crippen LogP contribution < -0.4 is 4.72 Å². The zero-order valence-corrected chi connectivity index (χ0v) is 12.3. The molecule has 1 aromatic heterocycles. The molecule has 18 heavy (non-hydrogen) atoms. The second kappa shape index (κ2) is 5.21. The van der Waals surface area contributed by atoms with E-state index in [1.165, 1.54) is 0 Å². The SMILES string of the molecule is CC(C)(C)[S+]([O-])NC1CC=Cc2cnc(Cl)cc21. The van der Waals surface area contributed by atoms with Gasteiger partial charge in [0.1, 0.15) is 9.90 Å². The van der Waals surface area contributed by atoms with Crippen molar-refractivity contribution in [2.24, 2.45) is 0 Å². The molecule has 1 heterocycles. The van der Waals surface area contributed by atoms with Gasteiger partial charge in [0.25, 0.3) is 0 Å². The van der Waals surface area contributed by atoms with E-state index in [9.17, 15) is 4.55 Å². The number of nitrogens with one attached hydrogen (secondary N) is 1. The van der Waals surface area contributed by atoms with E-state index in [0.717, 1.165) is 17.5 Å². The Morgan fingerprint density at radius 1 is 1.50 bits per heavy atom. The minimum Gasteiger partial charge on any atom is -0.598 e. The summed E-state index contributed by atoms with van der Waals surface area (Å²) in [4.78, 5) is 4.07. The Bertz CT molecular complexity index is 471. The Morgan fingerprint density at radius 2 is 2.22 bits per heavy atom. The van der Waals surface area contributed by atoms with Crippen LogP contribution in [0.4, 0.5) is 0 Å². The smallest absolute Gasteiger partial charge is 0.136 e. The summed E-state index contributed by atoms with van der Waals surface area (Å²) in [5.41, 5.74) is 2.10.